The normalized spacial score (nSPS) is 23.3. The standard InChI is InChI=1S/C20H30ClN5O/c1-24-8-10-25(11-9-24)20(27)18-3-2-15(12-19(18)21)23-16-13-26(14-16)17-4-6-22-7-5-17/h2-3,12,16-17,22-23H,4-11,13-14H2,1H3. The molecule has 0 bridgehead atoms. The van der Waals surface area contributed by atoms with E-state index >= 15 is 0 Å². The second-order valence-electron chi connectivity index (χ2n) is 8.07. The molecule has 0 unspecified atom stereocenters. The zero-order chi connectivity index (χ0) is 18.8. The molecule has 6 nitrogen and oxygen atoms in total. The van der Waals surface area contributed by atoms with Crippen LogP contribution in [-0.2, 0) is 0 Å². The number of likely N-dealkylation sites (tertiary alicyclic amines) is 1. The molecule has 0 spiro atoms. The molecule has 0 atom stereocenters. The third-order valence-electron chi connectivity index (χ3n) is 6.10. The van der Waals surface area contributed by atoms with Crippen LogP contribution >= 0.6 is 11.6 Å². The number of likely N-dealkylation sites (N-methyl/N-ethyl adjacent to an activating group) is 1. The van der Waals surface area contributed by atoms with Crippen molar-refractivity contribution in [1.82, 2.24) is 20.0 Å². The number of carbonyl (C=O) groups excluding carboxylic acids is 1. The van der Waals surface area contributed by atoms with Crippen molar-refractivity contribution in [2.45, 2.75) is 24.9 Å². The number of anilines is 1. The number of amides is 1. The van der Waals surface area contributed by atoms with Crippen LogP contribution in [0.25, 0.3) is 0 Å². The van der Waals surface area contributed by atoms with Crippen LogP contribution in [0.4, 0.5) is 5.69 Å². The summed E-state index contributed by atoms with van der Waals surface area (Å²) in [5, 5.41) is 7.53. The zero-order valence-electron chi connectivity index (χ0n) is 16.1. The minimum absolute atomic E-state index is 0.0420. The van der Waals surface area contributed by atoms with Crippen LogP contribution in [0.2, 0.25) is 5.02 Å². The van der Waals surface area contributed by atoms with Gasteiger partial charge in [0.1, 0.15) is 0 Å². The lowest BCUT2D eigenvalue weighted by molar-refractivity contribution is 0.0664. The molecule has 3 saturated heterocycles. The number of hydrogen-bond acceptors (Lipinski definition) is 5. The molecule has 3 aliphatic heterocycles. The van der Waals surface area contributed by atoms with Gasteiger partial charge in [-0.15, -0.1) is 0 Å². The third-order valence-corrected chi connectivity index (χ3v) is 6.41. The van der Waals surface area contributed by atoms with Crippen LogP contribution < -0.4 is 10.6 Å². The Morgan fingerprint density at radius 3 is 2.52 bits per heavy atom. The molecule has 1 aromatic rings. The quantitative estimate of drug-likeness (QED) is 0.816. The van der Waals surface area contributed by atoms with E-state index in [0.29, 0.717) is 16.6 Å². The lowest BCUT2D eigenvalue weighted by atomic mass is 9.98. The van der Waals surface area contributed by atoms with E-state index in [1.807, 2.05) is 23.1 Å². The smallest absolute Gasteiger partial charge is 0.255 e. The maximum atomic E-state index is 12.7. The number of piperazine rings is 1. The van der Waals surface area contributed by atoms with Crippen LogP contribution in [0.15, 0.2) is 18.2 Å². The average Bonchev–Trinajstić information content (AvgIpc) is 2.65. The summed E-state index contributed by atoms with van der Waals surface area (Å²) in [6, 6.07) is 6.96. The lowest BCUT2D eigenvalue weighted by Crippen LogP contribution is -2.60. The molecule has 148 valence electrons. The first-order chi connectivity index (χ1) is 13.1. The molecule has 3 heterocycles. The fraction of sp³-hybridized carbons (Fsp3) is 0.650. The summed E-state index contributed by atoms with van der Waals surface area (Å²) in [7, 11) is 2.09. The largest absolute Gasteiger partial charge is 0.380 e. The molecule has 0 saturated carbocycles. The van der Waals surface area contributed by atoms with Crippen molar-refractivity contribution in [3.63, 3.8) is 0 Å². The molecular weight excluding hydrogens is 362 g/mol. The average molecular weight is 392 g/mol. The highest BCUT2D eigenvalue weighted by atomic mass is 35.5. The van der Waals surface area contributed by atoms with Crippen LogP contribution in [0.1, 0.15) is 23.2 Å². The molecule has 3 aliphatic rings. The topological polar surface area (TPSA) is 50.9 Å². The van der Waals surface area contributed by atoms with Gasteiger partial charge in [0.25, 0.3) is 5.91 Å². The van der Waals surface area contributed by atoms with Gasteiger partial charge in [-0.25, -0.2) is 0 Å². The third kappa shape index (κ3) is 4.40. The van der Waals surface area contributed by atoms with E-state index in [1.54, 1.807) is 0 Å². The number of nitrogens with one attached hydrogen (secondary N) is 2. The fourth-order valence-corrected chi connectivity index (χ4v) is 4.53. The van der Waals surface area contributed by atoms with Crippen molar-refractivity contribution in [3.05, 3.63) is 28.8 Å². The van der Waals surface area contributed by atoms with Gasteiger partial charge in [0.05, 0.1) is 16.6 Å². The summed E-state index contributed by atoms with van der Waals surface area (Å²) in [5.74, 6) is 0.0420. The van der Waals surface area contributed by atoms with Crippen molar-refractivity contribution < 1.29 is 4.79 Å². The number of rotatable bonds is 4. The number of hydrogen-bond donors (Lipinski definition) is 2. The van der Waals surface area contributed by atoms with Gasteiger partial charge < -0.3 is 20.4 Å². The zero-order valence-corrected chi connectivity index (χ0v) is 16.8. The number of carbonyl (C=O) groups is 1. The highest BCUT2D eigenvalue weighted by Gasteiger charge is 2.32. The highest BCUT2D eigenvalue weighted by Crippen LogP contribution is 2.26. The first-order valence-corrected chi connectivity index (χ1v) is 10.5. The number of halogens is 1. The fourth-order valence-electron chi connectivity index (χ4n) is 4.27. The molecule has 2 N–H and O–H groups in total. The van der Waals surface area contributed by atoms with E-state index in [9.17, 15) is 4.79 Å². The Hall–Kier alpha value is -1.34. The van der Waals surface area contributed by atoms with Gasteiger partial charge in [0.15, 0.2) is 0 Å². The van der Waals surface area contributed by atoms with Crippen LogP contribution in [-0.4, -0.2) is 92.1 Å². The molecule has 0 aliphatic carbocycles. The molecule has 3 fully saturated rings. The Morgan fingerprint density at radius 2 is 1.85 bits per heavy atom. The Balaban J connectivity index is 1.30. The van der Waals surface area contributed by atoms with Crippen molar-refractivity contribution >= 4 is 23.2 Å². The van der Waals surface area contributed by atoms with E-state index in [1.165, 1.54) is 12.8 Å². The molecule has 0 radical (unpaired) electrons. The summed E-state index contributed by atoms with van der Waals surface area (Å²) in [5.41, 5.74) is 1.61. The molecule has 1 amide bonds. The van der Waals surface area contributed by atoms with Crippen molar-refractivity contribution in [2.75, 3.05) is 64.7 Å². The maximum absolute atomic E-state index is 12.7. The monoisotopic (exact) mass is 391 g/mol. The van der Waals surface area contributed by atoms with Gasteiger partial charge in [-0.2, -0.15) is 0 Å². The minimum Gasteiger partial charge on any atom is -0.380 e. The van der Waals surface area contributed by atoms with Crippen molar-refractivity contribution in [2.24, 2.45) is 0 Å². The number of piperidine rings is 1. The van der Waals surface area contributed by atoms with Crippen LogP contribution in [0.3, 0.4) is 0 Å². The van der Waals surface area contributed by atoms with Crippen LogP contribution in [0.5, 0.6) is 0 Å². The molecule has 27 heavy (non-hydrogen) atoms. The number of nitrogens with zero attached hydrogens (tertiary/aromatic N) is 3. The molecule has 7 heteroatoms. The Kier molecular flexibility index (Phi) is 5.88. The van der Waals surface area contributed by atoms with E-state index in [4.69, 9.17) is 11.6 Å². The van der Waals surface area contributed by atoms with E-state index in [-0.39, 0.29) is 5.91 Å². The first kappa shape index (κ1) is 19.0. The van der Waals surface area contributed by atoms with Gasteiger partial charge >= 0.3 is 0 Å². The Labute approximate surface area is 166 Å². The summed E-state index contributed by atoms with van der Waals surface area (Å²) in [6.45, 7) is 7.81. The van der Waals surface area contributed by atoms with E-state index in [2.05, 4.69) is 27.5 Å². The summed E-state index contributed by atoms with van der Waals surface area (Å²) in [4.78, 5) is 19.5. The van der Waals surface area contributed by atoms with Crippen molar-refractivity contribution in [1.29, 1.82) is 0 Å². The Bertz CT molecular complexity index is 664. The Morgan fingerprint density at radius 1 is 1.15 bits per heavy atom. The second-order valence-corrected chi connectivity index (χ2v) is 8.47. The predicted octanol–water partition coefficient (Wildman–Crippen LogP) is 1.58. The second kappa shape index (κ2) is 8.35. The predicted molar refractivity (Wildman–Crippen MR) is 110 cm³/mol. The van der Waals surface area contributed by atoms with Gasteiger partial charge in [0, 0.05) is 51.0 Å². The van der Waals surface area contributed by atoms with Gasteiger partial charge in [-0.1, -0.05) is 11.6 Å². The molecule has 4 rings (SSSR count). The summed E-state index contributed by atoms with van der Waals surface area (Å²) < 4.78 is 0. The molecule has 0 aromatic heterocycles. The summed E-state index contributed by atoms with van der Waals surface area (Å²) >= 11 is 6.45. The number of benzene rings is 1. The lowest BCUT2D eigenvalue weighted by Gasteiger charge is -2.46. The molecular formula is C20H30ClN5O. The van der Waals surface area contributed by atoms with Gasteiger partial charge in [-0.05, 0) is 51.2 Å². The van der Waals surface area contributed by atoms with Crippen LogP contribution in [0, 0.1) is 0 Å². The van der Waals surface area contributed by atoms with E-state index < -0.39 is 0 Å². The molecule has 1 aromatic carbocycles. The van der Waals surface area contributed by atoms with Gasteiger partial charge in [-0.3, -0.25) is 9.69 Å². The minimum atomic E-state index is 0.0420. The first-order valence-electron chi connectivity index (χ1n) is 10.1. The maximum Gasteiger partial charge on any atom is 0.255 e. The van der Waals surface area contributed by atoms with E-state index in [0.717, 1.165) is 64.1 Å². The highest BCUT2D eigenvalue weighted by molar-refractivity contribution is 6.34. The van der Waals surface area contributed by atoms with Gasteiger partial charge in [0.2, 0.25) is 0 Å². The van der Waals surface area contributed by atoms with Crippen molar-refractivity contribution in [3.8, 4) is 0 Å². The SMILES string of the molecule is CN1CCN(C(=O)c2ccc(NC3CN(C4CCNCC4)C3)cc2Cl)CC1. The summed E-state index contributed by atoms with van der Waals surface area (Å²) in [6.07, 6.45) is 2.50.